The second-order valence-corrected chi connectivity index (χ2v) is 3.03. The molecule has 2 N–H and O–H groups in total. The number of fused-ring (bicyclic) bond motifs is 1. The fraction of sp³-hybridized carbons (Fsp3) is 0.333. The van der Waals surface area contributed by atoms with Gasteiger partial charge in [-0.15, -0.1) is 0 Å². The molecule has 0 fully saturated rings. The number of carbonyl (C=O) groups is 1. The van der Waals surface area contributed by atoms with E-state index in [0.29, 0.717) is 0 Å². The van der Waals surface area contributed by atoms with E-state index in [1.54, 1.807) is 6.20 Å². The van der Waals surface area contributed by atoms with Crippen LogP contribution in [-0.2, 0) is 13.0 Å². The van der Waals surface area contributed by atoms with E-state index in [4.69, 9.17) is 5.11 Å². The Morgan fingerprint density at radius 1 is 1.62 bits per heavy atom. The van der Waals surface area contributed by atoms with Gasteiger partial charge in [-0.05, 0) is 30.2 Å². The van der Waals surface area contributed by atoms with Crippen LogP contribution in [0, 0.1) is 0 Å². The second kappa shape index (κ2) is 3.14. The Kier molecular flexibility index (Phi) is 1.98. The largest absolute Gasteiger partial charge is 0.477 e. The molecule has 0 saturated heterocycles. The zero-order valence-corrected chi connectivity index (χ0v) is 7.08. The van der Waals surface area contributed by atoms with Crippen LogP contribution >= 0.6 is 0 Å². The third-order valence-corrected chi connectivity index (χ3v) is 2.22. The van der Waals surface area contributed by atoms with Gasteiger partial charge in [-0.25, -0.2) is 9.78 Å². The van der Waals surface area contributed by atoms with Gasteiger partial charge in [0.2, 0.25) is 0 Å². The molecule has 0 bridgehead atoms. The van der Waals surface area contributed by atoms with E-state index < -0.39 is 5.97 Å². The lowest BCUT2D eigenvalue weighted by molar-refractivity contribution is 0.0689. The summed E-state index contributed by atoms with van der Waals surface area (Å²) in [5.74, 6) is -0.932. The zero-order chi connectivity index (χ0) is 9.26. The van der Waals surface area contributed by atoms with Crippen molar-refractivity contribution in [3.8, 4) is 0 Å². The third kappa shape index (κ3) is 1.40. The fourth-order valence-corrected chi connectivity index (χ4v) is 1.60. The number of carboxylic acid groups (broad SMARTS) is 1. The van der Waals surface area contributed by atoms with Crippen LogP contribution in [0.15, 0.2) is 12.3 Å². The summed E-state index contributed by atoms with van der Waals surface area (Å²) >= 11 is 0. The van der Waals surface area contributed by atoms with Gasteiger partial charge in [0.1, 0.15) is 0 Å². The Morgan fingerprint density at radius 2 is 2.46 bits per heavy atom. The predicted octanol–water partition coefficient (Wildman–Crippen LogP) is 0.426. The maximum Gasteiger partial charge on any atom is 0.354 e. The topological polar surface area (TPSA) is 62.2 Å². The van der Waals surface area contributed by atoms with Gasteiger partial charge in [-0.2, -0.15) is 0 Å². The van der Waals surface area contributed by atoms with Gasteiger partial charge >= 0.3 is 5.97 Å². The molecule has 68 valence electrons. The highest BCUT2D eigenvalue weighted by molar-refractivity contribution is 5.87. The van der Waals surface area contributed by atoms with Gasteiger partial charge in [0.25, 0.3) is 0 Å². The Bertz CT molecular complexity index is 349. The summed E-state index contributed by atoms with van der Waals surface area (Å²) in [4.78, 5) is 14.7. The summed E-state index contributed by atoms with van der Waals surface area (Å²) in [6, 6.07) is 1.87. The van der Waals surface area contributed by atoms with Crippen LogP contribution in [0.25, 0.3) is 0 Å². The molecule has 0 spiro atoms. The Morgan fingerprint density at radius 3 is 3.23 bits per heavy atom. The van der Waals surface area contributed by atoms with Gasteiger partial charge in [0.05, 0.1) is 0 Å². The first-order valence-electron chi connectivity index (χ1n) is 4.20. The minimum absolute atomic E-state index is 0.207. The minimum atomic E-state index is -0.932. The molecule has 0 atom stereocenters. The van der Waals surface area contributed by atoms with Crippen molar-refractivity contribution in [2.24, 2.45) is 0 Å². The predicted molar refractivity (Wildman–Crippen MR) is 46.6 cm³/mol. The molecule has 1 aromatic rings. The van der Waals surface area contributed by atoms with E-state index in [0.717, 1.165) is 30.6 Å². The highest BCUT2D eigenvalue weighted by atomic mass is 16.4. The number of carboxylic acids is 1. The highest BCUT2D eigenvalue weighted by Crippen LogP contribution is 2.16. The van der Waals surface area contributed by atoms with Crippen LogP contribution in [0.3, 0.4) is 0 Å². The molecule has 1 aromatic heterocycles. The van der Waals surface area contributed by atoms with E-state index >= 15 is 0 Å². The average molecular weight is 178 g/mol. The lowest BCUT2D eigenvalue weighted by Gasteiger charge is -2.17. The number of aromatic nitrogens is 1. The first kappa shape index (κ1) is 8.19. The molecule has 4 heteroatoms. The molecule has 0 amide bonds. The van der Waals surface area contributed by atoms with Crippen molar-refractivity contribution < 1.29 is 9.90 Å². The van der Waals surface area contributed by atoms with Gasteiger partial charge in [0.15, 0.2) is 5.69 Å². The number of hydrogen-bond donors (Lipinski definition) is 2. The van der Waals surface area contributed by atoms with Crippen molar-refractivity contribution in [2.45, 2.75) is 13.0 Å². The van der Waals surface area contributed by atoms with Crippen molar-refractivity contribution in [3.63, 3.8) is 0 Å². The molecule has 0 aliphatic carbocycles. The summed E-state index contributed by atoms with van der Waals surface area (Å²) in [5.41, 5.74) is 2.14. The number of aromatic carboxylic acids is 1. The molecule has 0 radical (unpaired) electrons. The second-order valence-electron chi connectivity index (χ2n) is 3.03. The van der Waals surface area contributed by atoms with E-state index in [9.17, 15) is 4.79 Å². The quantitative estimate of drug-likeness (QED) is 0.654. The van der Waals surface area contributed by atoms with Crippen LogP contribution in [-0.4, -0.2) is 22.6 Å². The Labute approximate surface area is 75.6 Å². The number of nitrogens with one attached hydrogen (secondary N) is 1. The summed E-state index contributed by atoms with van der Waals surface area (Å²) in [7, 11) is 0. The SMILES string of the molecule is O=C(O)c1nccc2c1CCNC2. The van der Waals surface area contributed by atoms with Gasteiger partial charge in [-0.1, -0.05) is 0 Å². The molecule has 2 heterocycles. The molecule has 4 nitrogen and oxygen atoms in total. The van der Waals surface area contributed by atoms with Crippen molar-refractivity contribution in [1.29, 1.82) is 0 Å². The highest BCUT2D eigenvalue weighted by Gasteiger charge is 2.17. The first-order chi connectivity index (χ1) is 6.29. The smallest absolute Gasteiger partial charge is 0.354 e. The number of nitrogens with zero attached hydrogens (tertiary/aromatic N) is 1. The molecule has 0 aromatic carbocycles. The molecule has 1 aliphatic rings. The number of pyridine rings is 1. The molecule has 1 aliphatic heterocycles. The minimum Gasteiger partial charge on any atom is -0.477 e. The molecular formula is C9H10N2O2. The lowest BCUT2D eigenvalue weighted by Crippen LogP contribution is -2.26. The molecule has 0 unspecified atom stereocenters. The van der Waals surface area contributed by atoms with Crippen LogP contribution in [0.4, 0.5) is 0 Å². The van der Waals surface area contributed by atoms with Crippen LogP contribution in [0.5, 0.6) is 0 Å². The van der Waals surface area contributed by atoms with Crippen LogP contribution in [0.1, 0.15) is 21.6 Å². The fourth-order valence-electron chi connectivity index (χ4n) is 1.60. The van der Waals surface area contributed by atoms with Crippen LogP contribution in [0.2, 0.25) is 0 Å². The monoisotopic (exact) mass is 178 g/mol. The molecule has 2 rings (SSSR count). The van der Waals surface area contributed by atoms with Crippen LogP contribution < -0.4 is 5.32 Å². The van der Waals surface area contributed by atoms with E-state index in [-0.39, 0.29) is 5.69 Å². The van der Waals surface area contributed by atoms with Crippen molar-refractivity contribution in [3.05, 3.63) is 29.1 Å². The number of hydrogen-bond acceptors (Lipinski definition) is 3. The molecule has 0 saturated carbocycles. The van der Waals surface area contributed by atoms with Gasteiger partial charge < -0.3 is 10.4 Å². The number of rotatable bonds is 1. The van der Waals surface area contributed by atoms with Crippen molar-refractivity contribution in [2.75, 3.05) is 6.54 Å². The summed E-state index contributed by atoms with van der Waals surface area (Å²) < 4.78 is 0. The van der Waals surface area contributed by atoms with Crippen molar-refractivity contribution >= 4 is 5.97 Å². The molecular weight excluding hydrogens is 168 g/mol. The Balaban J connectivity index is 2.52. The standard InChI is InChI=1S/C9H10N2O2/c12-9(13)8-7-2-3-10-5-6(7)1-4-11-8/h1,4,10H,2-3,5H2,(H,12,13). The summed E-state index contributed by atoms with van der Waals surface area (Å²) in [5, 5.41) is 12.0. The first-order valence-corrected chi connectivity index (χ1v) is 4.20. The third-order valence-electron chi connectivity index (χ3n) is 2.22. The zero-order valence-electron chi connectivity index (χ0n) is 7.08. The van der Waals surface area contributed by atoms with Gasteiger partial charge in [0, 0.05) is 12.7 Å². The summed E-state index contributed by atoms with van der Waals surface area (Å²) in [6.45, 7) is 1.58. The molecule has 13 heavy (non-hydrogen) atoms. The average Bonchev–Trinajstić information content (AvgIpc) is 2.17. The maximum absolute atomic E-state index is 10.8. The normalized spacial score (nSPS) is 15.1. The van der Waals surface area contributed by atoms with E-state index in [1.165, 1.54) is 0 Å². The van der Waals surface area contributed by atoms with Crippen molar-refractivity contribution in [1.82, 2.24) is 10.3 Å². The van der Waals surface area contributed by atoms with E-state index in [1.807, 2.05) is 6.07 Å². The summed E-state index contributed by atoms with van der Waals surface area (Å²) in [6.07, 6.45) is 2.31. The Hall–Kier alpha value is -1.42. The van der Waals surface area contributed by atoms with E-state index in [2.05, 4.69) is 10.3 Å². The van der Waals surface area contributed by atoms with Gasteiger partial charge in [-0.3, -0.25) is 0 Å². The maximum atomic E-state index is 10.8. The lowest BCUT2D eigenvalue weighted by atomic mass is 10.00.